The van der Waals surface area contributed by atoms with Crippen molar-refractivity contribution < 1.29 is 4.74 Å². The average Bonchev–Trinajstić information content (AvgIpc) is 2.45. The van der Waals surface area contributed by atoms with Crippen LogP contribution in [0.25, 0.3) is 0 Å². The van der Waals surface area contributed by atoms with Gasteiger partial charge in [-0.2, -0.15) is 0 Å². The van der Waals surface area contributed by atoms with E-state index < -0.39 is 0 Å². The quantitative estimate of drug-likeness (QED) is 0.276. The largest absolute Gasteiger partial charge is 0.382 e. The van der Waals surface area contributed by atoms with Gasteiger partial charge in [0, 0.05) is 31.3 Å². The number of halogens is 2. The molecule has 0 aliphatic rings. The van der Waals surface area contributed by atoms with Gasteiger partial charge in [0.1, 0.15) is 0 Å². The SMILES string of the molecule is CCOCCCNC(N)=NCCCc1ccc(Cl)cc1.I. The van der Waals surface area contributed by atoms with Crippen molar-refractivity contribution in [3.05, 3.63) is 34.9 Å². The van der Waals surface area contributed by atoms with Crippen molar-refractivity contribution in [2.24, 2.45) is 10.7 Å². The molecule has 0 spiro atoms. The van der Waals surface area contributed by atoms with Gasteiger partial charge in [0.15, 0.2) is 5.96 Å². The van der Waals surface area contributed by atoms with Crippen molar-refractivity contribution >= 4 is 41.5 Å². The van der Waals surface area contributed by atoms with Crippen LogP contribution in [-0.4, -0.2) is 32.3 Å². The van der Waals surface area contributed by atoms with Crippen LogP contribution in [0, 0.1) is 0 Å². The molecule has 1 aromatic carbocycles. The normalized spacial score (nSPS) is 11.0. The number of rotatable bonds is 9. The third-order valence-electron chi connectivity index (χ3n) is 2.79. The number of nitrogens with two attached hydrogens (primary N) is 1. The van der Waals surface area contributed by atoms with Gasteiger partial charge in [0.25, 0.3) is 0 Å². The summed E-state index contributed by atoms with van der Waals surface area (Å²) in [6, 6.07) is 7.91. The molecule has 0 saturated heterocycles. The summed E-state index contributed by atoms with van der Waals surface area (Å²) in [5.41, 5.74) is 7.04. The van der Waals surface area contributed by atoms with Gasteiger partial charge in [-0.05, 0) is 43.9 Å². The number of hydrogen-bond acceptors (Lipinski definition) is 2. The van der Waals surface area contributed by atoms with Crippen LogP contribution >= 0.6 is 35.6 Å². The molecule has 0 aliphatic carbocycles. The van der Waals surface area contributed by atoms with Crippen molar-refractivity contribution in [1.29, 1.82) is 0 Å². The summed E-state index contributed by atoms with van der Waals surface area (Å²) in [6.45, 7) is 5.03. The van der Waals surface area contributed by atoms with Crippen molar-refractivity contribution in [2.75, 3.05) is 26.3 Å². The van der Waals surface area contributed by atoms with Crippen LogP contribution in [-0.2, 0) is 11.2 Å². The highest BCUT2D eigenvalue weighted by Crippen LogP contribution is 2.10. The number of hydrogen-bond donors (Lipinski definition) is 2. The Hall–Kier alpha value is -0.530. The Morgan fingerprint density at radius 3 is 2.67 bits per heavy atom. The molecule has 0 fully saturated rings. The molecule has 6 heteroatoms. The Morgan fingerprint density at radius 2 is 2.00 bits per heavy atom. The first kappa shape index (κ1) is 20.5. The molecule has 3 N–H and O–H groups in total. The highest BCUT2D eigenvalue weighted by atomic mass is 127. The predicted molar refractivity (Wildman–Crippen MR) is 101 cm³/mol. The minimum atomic E-state index is 0. The molecule has 120 valence electrons. The topological polar surface area (TPSA) is 59.6 Å². The smallest absolute Gasteiger partial charge is 0.188 e. The van der Waals surface area contributed by atoms with Crippen molar-refractivity contribution in [2.45, 2.75) is 26.2 Å². The Morgan fingerprint density at radius 1 is 1.29 bits per heavy atom. The van der Waals surface area contributed by atoms with E-state index in [0.717, 1.165) is 50.6 Å². The minimum Gasteiger partial charge on any atom is -0.382 e. The van der Waals surface area contributed by atoms with Crippen LogP contribution in [0.3, 0.4) is 0 Å². The third-order valence-corrected chi connectivity index (χ3v) is 3.05. The van der Waals surface area contributed by atoms with Crippen LogP contribution < -0.4 is 11.1 Å². The lowest BCUT2D eigenvalue weighted by Gasteiger charge is -2.05. The molecule has 4 nitrogen and oxygen atoms in total. The molecule has 21 heavy (non-hydrogen) atoms. The third kappa shape index (κ3) is 10.8. The summed E-state index contributed by atoms with van der Waals surface area (Å²) in [5, 5.41) is 3.85. The molecule has 0 aliphatic heterocycles. The van der Waals surface area contributed by atoms with Gasteiger partial charge in [0.05, 0.1) is 0 Å². The molecule has 0 atom stereocenters. The second kappa shape index (κ2) is 13.2. The number of aryl methyl sites for hydroxylation is 1. The lowest BCUT2D eigenvalue weighted by atomic mass is 10.1. The summed E-state index contributed by atoms with van der Waals surface area (Å²) in [5.74, 6) is 0.512. The first-order valence-corrected chi connectivity index (χ1v) is 7.46. The summed E-state index contributed by atoms with van der Waals surface area (Å²) >= 11 is 5.84. The fourth-order valence-electron chi connectivity index (χ4n) is 1.72. The molecule has 0 heterocycles. The lowest BCUT2D eigenvalue weighted by Crippen LogP contribution is -2.33. The van der Waals surface area contributed by atoms with E-state index in [1.165, 1.54) is 5.56 Å². The average molecular weight is 426 g/mol. The van der Waals surface area contributed by atoms with E-state index in [2.05, 4.69) is 10.3 Å². The van der Waals surface area contributed by atoms with Gasteiger partial charge < -0.3 is 15.8 Å². The van der Waals surface area contributed by atoms with Gasteiger partial charge in [-0.1, -0.05) is 23.7 Å². The molecular weight excluding hydrogens is 401 g/mol. The van der Waals surface area contributed by atoms with E-state index in [4.69, 9.17) is 22.1 Å². The molecule has 0 unspecified atom stereocenters. The van der Waals surface area contributed by atoms with E-state index in [9.17, 15) is 0 Å². The summed E-state index contributed by atoms with van der Waals surface area (Å²) < 4.78 is 5.24. The zero-order valence-corrected chi connectivity index (χ0v) is 15.6. The summed E-state index contributed by atoms with van der Waals surface area (Å²) in [6.07, 6.45) is 2.90. The van der Waals surface area contributed by atoms with Crippen molar-refractivity contribution in [3.8, 4) is 0 Å². The number of ether oxygens (including phenoxy) is 1. The van der Waals surface area contributed by atoms with Gasteiger partial charge in [0.2, 0.25) is 0 Å². The lowest BCUT2D eigenvalue weighted by molar-refractivity contribution is 0.145. The van der Waals surface area contributed by atoms with Crippen LogP contribution in [0.5, 0.6) is 0 Å². The fraction of sp³-hybridized carbons (Fsp3) is 0.533. The second-order valence-corrected chi connectivity index (χ2v) is 4.91. The molecular formula is C15H25ClIN3O. The molecule has 0 amide bonds. The standard InChI is InChI=1S/C15H24ClN3O.HI/c1-2-20-12-4-11-19-15(17)18-10-3-5-13-6-8-14(16)9-7-13;/h6-9H,2-5,10-12H2,1H3,(H3,17,18,19);1H. The maximum atomic E-state index is 5.84. The Kier molecular flexibility index (Phi) is 12.8. The first-order chi connectivity index (χ1) is 9.72. The highest BCUT2D eigenvalue weighted by Gasteiger charge is 1.95. The Bertz CT molecular complexity index is 398. The van der Waals surface area contributed by atoms with Gasteiger partial charge in [-0.3, -0.25) is 4.99 Å². The number of nitrogens with zero attached hydrogens (tertiary/aromatic N) is 1. The van der Waals surface area contributed by atoms with Crippen molar-refractivity contribution in [3.63, 3.8) is 0 Å². The Labute approximate surface area is 149 Å². The number of aliphatic imine (C=N–C) groups is 1. The summed E-state index contributed by atoms with van der Waals surface area (Å²) in [4.78, 5) is 4.29. The van der Waals surface area contributed by atoms with E-state index in [-0.39, 0.29) is 24.0 Å². The van der Waals surface area contributed by atoms with Crippen LogP contribution in [0.4, 0.5) is 0 Å². The van der Waals surface area contributed by atoms with E-state index in [0.29, 0.717) is 5.96 Å². The minimum absolute atomic E-state index is 0. The van der Waals surface area contributed by atoms with Crippen LogP contribution in [0.15, 0.2) is 29.3 Å². The van der Waals surface area contributed by atoms with Crippen LogP contribution in [0.2, 0.25) is 5.02 Å². The highest BCUT2D eigenvalue weighted by molar-refractivity contribution is 14.0. The molecule has 0 saturated carbocycles. The van der Waals surface area contributed by atoms with Gasteiger partial charge >= 0.3 is 0 Å². The number of benzene rings is 1. The number of guanidine groups is 1. The van der Waals surface area contributed by atoms with Gasteiger partial charge in [-0.25, -0.2) is 0 Å². The maximum absolute atomic E-state index is 5.84. The monoisotopic (exact) mass is 425 g/mol. The zero-order valence-electron chi connectivity index (χ0n) is 12.5. The van der Waals surface area contributed by atoms with Crippen LogP contribution in [0.1, 0.15) is 25.3 Å². The van der Waals surface area contributed by atoms with Crippen molar-refractivity contribution in [1.82, 2.24) is 5.32 Å². The summed E-state index contributed by atoms with van der Waals surface area (Å²) in [7, 11) is 0. The molecule has 1 rings (SSSR count). The first-order valence-electron chi connectivity index (χ1n) is 7.08. The number of nitrogens with one attached hydrogen (secondary N) is 1. The molecule has 0 bridgehead atoms. The molecule has 0 radical (unpaired) electrons. The fourth-order valence-corrected chi connectivity index (χ4v) is 1.85. The predicted octanol–water partition coefficient (Wildman–Crippen LogP) is 3.22. The molecule has 1 aromatic rings. The molecule has 0 aromatic heterocycles. The van der Waals surface area contributed by atoms with E-state index in [1.807, 2.05) is 31.2 Å². The Balaban J connectivity index is 0.00000400. The second-order valence-electron chi connectivity index (χ2n) is 4.47. The maximum Gasteiger partial charge on any atom is 0.188 e. The van der Waals surface area contributed by atoms with Gasteiger partial charge in [-0.15, -0.1) is 24.0 Å². The van der Waals surface area contributed by atoms with E-state index >= 15 is 0 Å². The van der Waals surface area contributed by atoms with E-state index in [1.54, 1.807) is 0 Å². The zero-order chi connectivity index (χ0) is 14.6.